The molecule has 1 heterocycles. The fourth-order valence-electron chi connectivity index (χ4n) is 1.74. The van der Waals surface area contributed by atoms with Crippen LogP contribution >= 0.6 is 0 Å². The summed E-state index contributed by atoms with van der Waals surface area (Å²) < 4.78 is 10.7. The molecule has 18 heavy (non-hydrogen) atoms. The highest BCUT2D eigenvalue weighted by Crippen LogP contribution is 2.34. The molecule has 4 heteroatoms. The van der Waals surface area contributed by atoms with Crippen molar-refractivity contribution in [2.45, 2.75) is 26.3 Å². The molecule has 0 saturated carbocycles. The van der Waals surface area contributed by atoms with Gasteiger partial charge in [-0.3, -0.25) is 4.79 Å². The van der Waals surface area contributed by atoms with Gasteiger partial charge in [0.15, 0.2) is 11.5 Å². The van der Waals surface area contributed by atoms with Crippen molar-refractivity contribution in [1.29, 1.82) is 0 Å². The van der Waals surface area contributed by atoms with Gasteiger partial charge in [-0.2, -0.15) is 0 Å². The SMILES string of the molecule is CC(=O)CNC(C)(C)c1ccc2c(c1)OC=CO2. The van der Waals surface area contributed by atoms with Gasteiger partial charge in [0.2, 0.25) is 0 Å². The Bertz CT molecular complexity index is 492. The third-order valence-corrected chi connectivity index (χ3v) is 2.89. The first-order chi connectivity index (χ1) is 8.49. The van der Waals surface area contributed by atoms with Crippen LogP contribution in [-0.2, 0) is 10.3 Å². The Hall–Kier alpha value is -1.81. The van der Waals surface area contributed by atoms with Gasteiger partial charge in [0.05, 0.1) is 6.54 Å². The Balaban J connectivity index is 2.20. The normalized spacial score (nSPS) is 13.5. The number of rotatable bonds is 4. The molecule has 1 aliphatic rings. The molecule has 1 N–H and O–H groups in total. The van der Waals surface area contributed by atoms with Gasteiger partial charge in [-0.1, -0.05) is 6.07 Å². The average molecular weight is 247 g/mol. The minimum Gasteiger partial charge on any atom is -0.458 e. The van der Waals surface area contributed by atoms with Crippen molar-refractivity contribution in [3.8, 4) is 11.5 Å². The van der Waals surface area contributed by atoms with Gasteiger partial charge in [0, 0.05) is 5.54 Å². The molecule has 0 amide bonds. The van der Waals surface area contributed by atoms with Crippen LogP contribution in [0.25, 0.3) is 0 Å². The van der Waals surface area contributed by atoms with E-state index in [0.717, 1.165) is 5.56 Å². The van der Waals surface area contributed by atoms with Crippen LogP contribution in [0.3, 0.4) is 0 Å². The average Bonchev–Trinajstić information content (AvgIpc) is 2.36. The van der Waals surface area contributed by atoms with Gasteiger partial charge in [0.25, 0.3) is 0 Å². The number of benzene rings is 1. The maximum atomic E-state index is 11.0. The molecule has 0 spiro atoms. The van der Waals surface area contributed by atoms with E-state index in [9.17, 15) is 4.79 Å². The number of hydrogen-bond acceptors (Lipinski definition) is 4. The summed E-state index contributed by atoms with van der Waals surface area (Å²) in [7, 11) is 0. The van der Waals surface area contributed by atoms with E-state index < -0.39 is 0 Å². The Morgan fingerprint density at radius 2 is 1.89 bits per heavy atom. The molecule has 0 bridgehead atoms. The van der Waals surface area contributed by atoms with Crippen LogP contribution in [0.5, 0.6) is 11.5 Å². The minimum atomic E-state index is -0.300. The number of ether oxygens (including phenoxy) is 2. The Morgan fingerprint density at radius 3 is 2.56 bits per heavy atom. The lowest BCUT2D eigenvalue weighted by Crippen LogP contribution is -2.39. The quantitative estimate of drug-likeness (QED) is 0.887. The van der Waals surface area contributed by atoms with Gasteiger partial charge in [-0.15, -0.1) is 0 Å². The Kier molecular flexibility index (Phi) is 3.39. The van der Waals surface area contributed by atoms with Crippen LogP contribution < -0.4 is 14.8 Å². The van der Waals surface area contributed by atoms with Gasteiger partial charge >= 0.3 is 0 Å². The monoisotopic (exact) mass is 247 g/mol. The Labute approximate surface area is 107 Å². The second kappa shape index (κ2) is 4.82. The molecule has 0 saturated heterocycles. The second-order valence-corrected chi connectivity index (χ2v) is 4.85. The Morgan fingerprint density at radius 1 is 1.22 bits per heavy atom. The summed E-state index contributed by atoms with van der Waals surface area (Å²) >= 11 is 0. The highest BCUT2D eigenvalue weighted by Gasteiger charge is 2.22. The smallest absolute Gasteiger partial charge is 0.169 e. The number of fused-ring (bicyclic) bond motifs is 1. The summed E-state index contributed by atoms with van der Waals surface area (Å²) in [5, 5.41) is 3.22. The van der Waals surface area contributed by atoms with Crippen LogP contribution in [-0.4, -0.2) is 12.3 Å². The van der Waals surface area contributed by atoms with Gasteiger partial charge < -0.3 is 14.8 Å². The lowest BCUT2D eigenvalue weighted by atomic mass is 9.93. The summed E-state index contributed by atoms with van der Waals surface area (Å²) in [6.45, 7) is 5.97. The van der Waals surface area contributed by atoms with Crippen LogP contribution in [0.15, 0.2) is 30.7 Å². The van der Waals surface area contributed by atoms with Crippen LogP contribution in [0.4, 0.5) is 0 Å². The number of carbonyl (C=O) groups excluding carboxylic acids is 1. The lowest BCUT2D eigenvalue weighted by molar-refractivity contribution is -0.116. The van der Waals surface area contributed by atoms with Crippen molar-refractivity contribution in [2.24, 2.45) is 0 Å². The largest absolute Gasteiger partial charge is 0.458 e. The van der Waals surface area contributed by atoms with E-state index in [1.807, 2.05) is 32.0 Å². The first kappa shape index (κ1) is 12.6. The zero-order valence-corrected chi connectivity index (χ0v) is 10.8. The molecule has 0 aromatic heterocycles. The molecule has 0 radical (unpaired) electrons. The van der Waals surface area contributed by atoms with Crippen molar-refractivity contribution >= 4 is 5.78 Å². The van der Waals surface area contributed by atoms with E-state index in [1.165, 1.54) is 12.5 Å². The van der Waals surface area contributed by atoms with Crippen molar-refractivity contribution < 1.29 is 14.3 Å². The minimum absolute atomic E-state index is 0.114. The first-order valence-corrected chi connectivity index (χ1v) is 5.86. The fraction of sp³-hybridized carbons (Fsp3) is 0.357. The van der Waals surface area contributed by atoms with E-state index in [4.69, 9.17) is 9.47 Å². The number of hydrogen-bond donors (Lipinski definition) is 1. The molecule has 0 atom stereocenters. The summed E-state index contributed by atoms with van der Waals surface area (Å²) in [5.41, 5.74) is 0.743. The molecule has 1 aromatic carbocycles. The molecule has 4 nitrogen and oxygen atoms in total. The van der Waals surface area contributed by atoms with E-state index in [0.29, 0.717) is 18.0 Å². The van der Waals surface area contributed by atoms with E-state index in [2.05, 4.69) is 5.32 Å². The summed E-state index contributed by atoms with van der Waals surface area (Å²) in [5.74, 6) is 1.50. The van der Waals surface area contributed by atoms with Gasteiger partial charge in [0.1, 0.15) is 18.3 Å². The highest BCUT2D eigenvalue weighted by molar-refractivity contribution is 5.77. The van der Waals surface area contributed by atoms with Crippen molar-refractivity contribution in [3.63, 3.8) is 0 Å². The molecule has 1 aliphatic heterocycles. The van der Waals surface area contributed by atoms with E-state index >= 15 is 0 Å². The van der Waals surface area contributed by atoms with Crippen LogP contribution in [0, 0.1) is 0 Å². The number of Topliss-reactive ketones (excluding diaryl/α,β-unsaturated/α-hetero) is 1. The molecule has 1 aromatic rings. The van der Waals surface area contributed by atoms with Crippen LogP contribution in [0.1, 0.15) is 26.3 Å². The van der Waals surface area contributed by atoms with E-state index in [-0.39, 0.29) is 11.3 Å². The summed E-state index contributed by atoms with van der Waals surface area (Å²) in [4.78, 5) is 11.0. The third-order valence-electron chi connectivity index (χ3n) is 2.89. The summed E-state index contributed by atoms with van der Waals surface area (Å²) in [6, 6.07) is 5.76. The highest BCUT2D eigenvalue weighted by atomic mass is 16.5. The lowest BCUT2D eigenvalue weighted by Gasteiger charge is -2.27. The van der Waals surface area contributed by atoms with Crippen molar-refractivity contribution in [3.05, 3.63) is 36.3 Å². The first-order valence-electron chi connectivity index (χ1n) is 5.86. The second-order valence-electron chi connectivity index (χ2n) is 4.85. The van der Waals surface area contributed by atoms with E-state index in [1.54, 1.807) is 6.92 Å². The van der Waals surface area contributed by atoms with Gasteiger partial charge in [-0.25, -0.2) is 0 Å². The molecule has 0 fully saturated rings. The molecule has 2 rings (SSSR count). The molecular weight excluding hydrogens is 230 g/mol. The maximum absolute atomic E-state index is 11.0. The predicted octanol–water partition coefficient (Wildman–Crippen LogP) is 2.34. The van der Waals surface area contributed by atoms with Gasteiger partial charge in [-0.05, 0) is 38.5 Å². The van der Waals surface area contributed by atoms with Crippen molar-refractivity contribution in [1.82, 2.24) is 5.32 Å². The fourth-order valence-corrected chi connectivity index (χ4v) is 1.74. The van der Waals surface area contributed by atoms with Crippen molar-refractivity contribution in [2.75, 3.05) is 6.54 Å². The molecule has 0 aliphatic carbocycles. The maximum Gasteiger partial charge on any atom is 0.169 e. The zero-order valence-electron chi connectivity index (χ0n) is 10.8. The van der Waals surface area contributed by atoms with Crippen LogP contribution in [0.2, 0.25) is 0 Å². The molecule has 0 unspecified atom stereocenters. The summed E-state index contributed by atoms with van der Waals surface area (Å²) in [6.07, 6.45) is 3.00. The number of nitrogens with one attached hydrogen (secondary N) is 1. The number of ketones is 1. The predicted molar refractivity (Wildman–Crippen MR) is 68.5 cm³/mol. The topological polar surface area (TPSA) is 47.6 Å². The zero-order chi connectivity index (χ0) is 13.2. The number of carbonyl (C=O) groups is 1. The standard InChI is InChI=1S/C14H17NO3/c1-10(16)9-15-14(2,3)11-4-5-12-13(8-11)18-7-6-17-12/h4-8,15H,9H2,1-3H3. The molecular formula is C14H17NO3. The third kappa shape index (κ3) is 2.71. The molecule has 96 valence electrons.